The molecular weight excluding hydrogens is 402 g/mol. The SMILES string of the molecule is O=C([O-])C(CCN1C(=O)c2ccccc2C1=O)CCN1C(=O)c2ccccc2C1=O.[NH4+]. The minimum absolute atomic E-state index is 0. The molecule has 2 aromatic rings. The second-order valence-corrected chi connectivity index (χ2v) is 7.21. The van der Waals surface area contributed by atoms with E-state index in [0.717, 1.165) is 9.80 Å². The largest absolute Gasteiger partial charge is 0.550 e. The highest BCUT2D eigenvalue weighted by Gasteiger charge is 2.37. The zero-order valence-electron chi connectivity index (χ0n) is 16.9. The van der Waals surface area contributed by atoms with Gasteiger partial charge < -0.3 is 16.1 Å². The minimum Gasteiger partial charge on any atom is -0.550 e. The summed E-state index contributed by atoms with van der Waals surface area (Å²) in [5.41, 5.74) is 1.16. The molecule has 0 unspecified atom stereocenters. The monoisotopic (exact) mass is 423 g/mol. The standard InChI is InChI=1S/C22H18N2O6.H3N/c25-18-14-5-1-2-6-15(14)19(26)23(18)11-9-13(22(29)30)10-12-24-20(27)16-7-3-4-8-17(16)21(24)28;/h1-8,13H,9-12H2,(H,29,30);1H3. The van der Waals surface area contributed by atoms with Gasteiger partial charge in [0.25, 0.3) is 23.6 Å². The van der Waals surface area contributed by atoms with Crippen LogP contribution in [0.25, 0.3) is 0 Å². The Balaban J connectivity index is 0.00000272. The van der Waals surface area contributed by atoms with Gasteiger partial charge in [0, 0.05) is 25.0 Å². The van der Waals surface area contributed by atoms with Crippen LogP contribution in [-0.4, -0.2) is 52.5 Å². The molecule has 2 aliphatic heterocycles. The Hall–Kier alpha value is -3.85. The van der Waals surface area contributed by atoms with Crippen molar-refractivity contribution in [3.8, 4) is 0 Å². The third-order valence-corrected chi connectivity index (χ3v) is 5.49. The zero-order valence-corrected chi connectivity index (χ0v) is 16.9. The van der Waals surface area contributed by atoms with Crippen molar-refractivity contribution in [3.63, 3.8) is 0 Å². The van der Waals surface area contributed by atoms with Crippen molar-refractivity contribution in [2.75, 3.05) is 13.1 Å². The Morgan fingerprint density at radius 1 is 0.677 bits per heavy atom. The van der Waals surface area contributed by atoms with Gasteiger partial charge in [0.2, 0.25) is 0 Å². The minimum atomic E-state index is -1.36. The number of imide groups is 2. The first-order valence-corrected chi connectivity index (χ1v) is 9.51. The predicted octanol–water partition coefficient (Wildman–Crippen LogP) is 1.10. The molecule has 31 heavy (non-hydrogen) atoms. The summed E-state index contributed by atoms with van der Waals surface area (Å²) in [5.74, 6) is -4.25. The maximum Gasteiger partial charge on any atom is 0.261 e. The van der Waals surface area contributed by atoms with Crippen molar-refractivity contribution in [2.24, 2.45) is 5.92 Å². The van der Waals surface area contributed by atoms with Gasteiger partial charge in [0.05, 0.1) is 22.3 Å². The summed E-state index contributed by atoms with van der Waals surface area (Å²) in [5, 5.41) is 11.6. The summed E-state index contributed by atoms with van der Waals surface area (Å²) in [7, 11) is 0. The number of carboxylic acid groups (broad SMARTS) is 1. The van der Waals surface area contributed by atoms with E-state index in [9.17, 15) is 29.1 Å². The molecule has 0 aromatic heterocycles. The first-order chi connectivity index (χ1) is 14.4. The first kappa shape index (κ1) is 21.8. The van der Waals surface area contributed by atoms with Crippen LogP contribution in [0.5, 0.6) is 0 Å². The smallest absolute Gasteiger partial charge is 0.261 e. The Bertz CT molecular complexity index is 947. The third-order valence-electron chi connectivity index (χ3n) is 5.49. The molecule has 0 radical (unpaired) electrons. The molecule has 0 bridgehead atoms. The molecule has 9 nitrogen and oxygen atoms in total. The third kappa shape index (κ3) is 3.71. The molecule has 9 heteroatoms. The molecular formula is C22H21N3O6. The number of carboxylic acids is 1. The molecule has 4 N–H and O–H groups in total. The van der Waals surface area contributed by atoms with Crippen molar-refractivity contribution < 1.29 is 29.1 Å². The van der Waals surface area contributed by atoms with Gasteiger partial charge in [0.15, 0.2) is 0 Å². The lowest BCUT2D eigenvalue weighted by Gasteiger charge is -2.23. The van der Waals surface area contributed by atoms with Crippen LogP contribution in [0.3, 0.4) is 0 Å². The van der Waals surface area contributed by atoms with E-state index >= 15 is 0 Å². The highest BCUT2D eigenvalue weighted by Crippen LogP contribution is 2.25. The fourth-order valence-electron chi connectivity index (χ4n) is 3.83. The summed E-state index contributed by atoms with van der Waals surface area (Å²) in [6.45, 7) is -0.180. The van der Waals surface area contributed by atoms with E-state index in [-0.39, 0.29) is 32.1 Å². The van der Waals surface area contributed by atoms with Gasteiger partial charge >= 0.3 is 0 Å². The van der Waals surface area contributed by atoms with Crippen LogP contribution in [0.4, 0.5) is 0 Å². The molecule has 4 amide bonds. The lowest BCUT2D eigenvalue weighted by molar-refractivity contribution is -0.312. The molecule has 0 fully saturated rings. The molecule has 0 atom stereocenters. The van der Waals surface area contributed by atoms with E-state index < -0.39 is 35.5 Å². The van der Waals surface area contributed by atoms with Crippen molar-refractivity contribution >= 4 is 29.6 Å². The summed E-state index contributed by atoms with van der Waals surface area (Å²) in [6.07, 6.45) is -0.0616. The molecule has 2 aliphatic rings. The first-order valence-electron chi connectivity index (χ1n) is 9.51. The lowest BCUT2D eigenvalue weighted by atomic mass is 10.0. The molecule has 0 saturated carbocycles. The van der Waals surface area contributed by atoms with E-state index in [1.807, 2.05) is 0 Å². The highest BCUT2D eigenvalue weighted by atomic mass is 16.4. The topological polar surface area (TPSA) is 151 Å². The van der Waals surface area contributed by atoms with Crippen molar-refractivity contribution in [2.45, 2.75) is 12.8 Å². The number of hydrogen-bond donors (Lipinski definition) is 1. The van der Waals surface area contributed by atoms with Gasteiger partial charge in [-0.2, -0.15) is 0 Å². The van der Waals surface area contributed by atoms with Crippen LogP contribution >= 0.6 is 0 Å². The van der Waals surface area contributed by atoms with Crippen LogP contribution < -0.4 is 11.3 Å². The number of nitrogens with zero attached hydrogens (tertiary/aromatic N) is 2. The van der Waals surface area contributed by atoms with Gasteiger partial charge in [-0.25, -0.2) is 0 Å². The van der Waals surface area contributed by atoms with Crippen LogP contribution in [0.15, 0.2) is 48.5 Å². The van der Waals surface area contributed by atoms with Crippen molar-refractivity contribution in [3.05, 3.63) is 70.8 Å². The highest BCUT2D eigenvalue weighted by molar-refractivity contribution is 6.22. The summed E-state index contributed by atoms with van der Waals surface area (Å²) in [4.78, 5) is 63.3. The number of benzene rings is 2. The number of fused-ring (bicyclic) bond motifs is 2. The lowest BCUT2D eigenvalue weighted by Crippen LogP contribution is -2.39. The Morgan fingerprint density at radius 3 is 1.23 bits per heavy atom. The Morgan fingerprint density at radius 2 is 0.968 bits per heavy atom. The Kier molecular flexibility index (Phi) is 5.98. The number of rotatable bonds is 7. The number of aliphatic carboxylic acids is 1. The summed E-state index contributed by atoms with van der Waals surface area (Å²) >= 11 is 0. The molecule has 0 spiro atoms. The Labute approximate surface area is 177 Å². The second-order valence-electron chi connectivity index (χ2n) is 7.21. The summed E-state index contributed by atoms with van der Waals surface area (Å²) < 4.78 is 0. The maximum atomic E-state index is 12.4. The number of carbonyl (C=O) groups excluding carboxylic acids is 5. The van der Waals surface area contributed by atoms with E-state index in [1.165, 1.54) is 0 Å². The van der Waals surface area contributed by atoms with Crippen LogP contribution in [0.2, 0.25) is 0 Å². The van der Waals surface area contributed by atoms with E-state index in [1.54, 1.807) is 48.5 Å². The molecule has 2 heterocycles. The van der Waals surface area contributed by atoms with E-state index in [2.05, 4.69) is 0 Å². The zero-order chi connectivity index (χ0) is 21.4. The number of quaternary nitrogens is 1. The number of amides is 4. The van der Waals surface area contributed by atoms with Gasteiger partial charge in [-0.15, -0.1) is 0 Å². The molecule has 160 valence electrons. The maximum absolute atomic E-state index is 12.4. The van der Waals surface area contributed by atoms with Gasteiger partial charge in [-0.3, -0.25) is 29.0 Å². The average molecular weight is 423 g/mol. The van der Waals surface area contributed by atoms with E-state index in [4.69, 9.17) is 0 Å². The number of hydrogen-bond acceptors (Lipinski definition) is 6. The van der Waals surface area contributed by atoms with Crippen LogP contribution in [0, 0.1) is 5.92 Å². The number of carbonyl (C=O) groups is 5. The predicted molar refractivity (Wildman–Crippen MR) is 107 cm³/mol. The van der Waals surface area contributed by atoms with Gasteiger partial charge in [-0.1, -0.05) is 24.3 Å². The average Bonchev–Trinajstić information content (AvgIpc) is 3.14. The molecule has 0 aliphatic carbocycles. The summed E-state index contributed by atoms with van der Waals surface area (Å²) in [6, 6.07) is 12.8. The normalized spacial score (nSPS) is 14.7. The quantitative estimate of drug-likeness (QED) is 0.659. The van der Waals surface area contributed by atoms with E-state index in [0.29, 0.717) is 22.3 Å². The molecule has 2 aromatic carbocycles. The fourth-order valence-corrected chi connectivity index (χ4v) is 3.83. The fraction of sp³-hybridized carbons (Fsp3) is 0.227. The van der Waals surface area contributed by atoms with Gasteiger partial charge in [0.1, 0.15) is 0 Å². The van der Waals surface area contributed by atoms with Crippen LogP contribution in [0.1, 0.15) is 54.3 Å². The second kappa shape index (κ2) is 8.49. The molecule has 4 rings (SSSR count). The van der Waals surface area contributed by atoms with Gasteiger partial charge in [-0.05, 0) is 37.1 Å². The van der Waals surface area contributed by atoms with Crippen molar-refractivity contribution in [1.29, 1.82) is 0 Å². The van der Waals surface area contributed by atoms with Crippen molar-refractivity contribution in [1.82, 2.24) is 16.0 Å². The van der Waals surface area contributed by atoms with Crippen LogP contribution in [-0.2, 0) is 4.79 Å². The molecule has 0 saturated heterocycles.